The molecule has 25 heavy (non-hydrogen) atoms. The molecule has 0 spiro atoms. The van der Waals surface area contributed by atoms with Crippen LogP contribution in [0.5, 0.6) is 0 Å². The van der Waals surface area contributed by atoms with Crippen LogP contribution in [-0.4, -0.2) is 59.8 Å². The Morgan fingerprint density at radius 3 is 2.20 bits per heavy atom. The molecule has 6 nitrogen and oxygen atoms in total. The molecule has 1 aliphatic rings. The van der Waals surface area contributed by atoms with Crippen LogP contribution in [0.25, 0.3) is 0 Å². The number of rotatable bonds is 4. The lowest BCUT2D eigenvalue weighted by Gasteiger charge is -2.32. The first-order valence-electron chi connectivity index (χ1n) is 8.38. The molecular formula is C19H22N4O2. The van der Waals surface area contributed by atoms with Crippen molar-refractivity contribution in [2.75, 3.05) is 33.2 Å². The predicted octanol–water partition coefficient (Wildman–Crippen LogP) is 1.40. The smallest absolute Gasteiger partial charge is 0.253 e. The number of benzene rings is 1. The van der Waals surface area contributed by atoms with Crippen LogP contribution in [0.2, 0.25) is 0 Å². The molecule has 0 aliphatic carbocycles. The Bertz CT molecular complexity index is 723. The van der Waals surface area contributed by atoms with Gasteiger partial charge in [0.2, 0.25) is 0 Å². The van der Waals surface area contributed by atoms with Crippen molar-refractivity contribution in [3.8, 4) is 0 Å². The first-order chi connectivity index (χ1) is 12.1. The van der Waals surface area contributed by atoms with E-state index in [2.05, 4.69) is 22.2 Å². The van der Waals surface area contributed by atoms with Crippen LogP contribution in [0.4, 0.5) is 0 Å². The Hall–Kier alpha value is -2.73. The maximum absolute atomic E-state index is 12.5. The Kier molecular flexibility index (Phi) is 5.40. The molecule has 1 aliphatic heterocycles. The lowest BCUT2D eigenvalue weighted by molar-refractivity contribution is 0.0663. The first-order valence-corrected chi connectivity index (χ1v) is 8.38. The Morgan fingerprint density at radius 2 is 1.56 bits per heavy atom. The van der Waals surface area contributed by atoms with E-state index >= 15 is 0 Å². The molecule has 0 bridgehead atoms. The van der Waals surface area contributed by atoms with Crippen LogP contribution in [0.3, 0.4) is 0 Å². The molecule has 1 saturated heterocycles. The van der Waals surface area contributed by atoms with Crippen molar-refractivity contribution in [3.63, 3.8) is 0 Å². The van der Waals surface area contributed by atoms with Gasteiger partial charge in [0.05, 0.1) is 0 Å². The van der Waals surface area contributed by atoms with Gasteiger partial charge in [0.15, 0.2) is 0 Å². The molecule has 2 aromatic rings. The molecule has 2 amide bonds. The van der Waals surface area contributed by atoms with Crippen molar-refractivity contribution in [1.82, 2.24) is 20.1 Å². The third-order valence-corrected chi connectivity index (χ3v) is 4.39. The average Bonchev–Trinajstić information content (AvgIpc) is 2.67. The minimum atomic E-state index is -0.157. The van der Waals surface area contributed by atoms with E-state index in [1.165, 1.54) is 0 Å². The summed E-state index contributed by atoms with van der Waals surface area (Å²) in [6.45, 7) is 3.71. The molecule has 1 aromatic carbocycles. The second-order valence-electron chi connectivity index (χ2n) is 6.21. The van der Waals surface area contributed by atoms with Crippen LogP contribution in [0.15, 0.2) is 48.8 Å². The molecule has 0 saturated carbocycles. The normalized spacial score (nSPS) is 15.0. The number of likely N-dealkylation sites (N-methyl/N-ethyl adjacent to an activating group) is 1. The Labute approximate surface area is 147 Å². The number of pyridine rings is 1. The molecule has 3 rings (SSSR count). The van der Waals surface area contributed by atoms with E-state index in [0.29, 0.717) is 17.7 Å². The Balaban J connectivity index is 1.58. The fourth-order valence-corrected chi connectivity index (χ4v) is 2.74. The highest BCUT2D eigenvalue weighted by atomic mass is 16.2. The van der Waals surface area contributed by atoms with Crippen LogP contribution in [0.1, 0.15) is 26.3 Å². The predicted molar refractivity (Wildman–Crippen MR) is 95.2 cm³/mol. The Morgan fingerprint density at radius 1 is 0.960 bits per heavy atom. The second kappa shape index (κ2) is 7.90. The van der Waals surface area contributed by atoms with E-state index in [0.717, 1.165) is 31.7 Å². The van der Waals surface area contributed by atoms with Gasteiger partial charge in [0.25, 0.3) is 11.8 Å². The van der Waals surface area contributed by atoms with Crippen molar-refractivity contribution in [2.45, 2.75) is 6.54 Å². The summed E-state index contributed by atoms with van der Waals surface area (Å²) in [5.74, 6) is -0.132. The summed E-state index contributed by atoms with van der Waals surface area (Å²) in [6.07, 6.45) is 3.39. The summed E-state index contributed by atoms with van der Waals surface area (Å²) in [6, 6.07) is 10.6. The first kappa shape index (κ1) is 17.1. The number of aromatic nitrogens is 1. The minimum absolute atomic E-state index is 0.0249. The maximum atomic E-state index is 12.5. The van der Waals surface area contributed by atoms with Gasteiger partial charge in [0.1, 0.15) is 0 Å². The number of nitrogens with one attached hydrogen (secondary N) is 1. The van der Waals surface area contributed by atoms with Gasteiger partial charge in [-0.1, -0.05) is 0 Å². The maximum Gasteiger partial charge on any atom is 0.253 e. The summed E-state index contributed by atoms with van der Waals surface area (Å²) in [5, 5.41) is 2.86. The number of amides is 2. The zero-order valence-electron chi connectivity index (χ0n) is 14.3. The zero-order chi connectivity index (χ0) is 17.6. The van der Waals surface area contributed by atoms with Crippen molar-refractivity contribution in [1.29, 1.82) is 0 Å². The number of piperazine rings is 1. The third kappa shape index (κ3) is 4.42. The monoisotopic (exact) mass is 338 g/mol. The lowest BCUT2D eigenvalue weighted by Crippen LogP contribution is -2.47. The standard InChI is InChI=1S/C19H22N4O2/c1-22-10-12-23(13-11-22)19(25)17-4-2-16(3-5-17)18(24)21-14-15-6-8-20-9-7-15/h2-9H,10-14H2,1H3,(H,21,24). The summed E-state index contributed by atoms with van der Waals surface area (Å²) < 4.78 is 0. The molecule has 130 valence electrons. The zero-order valence-corrected chi connectivity index (χ0v) is 14.3. The van der Waals surface area contributed by atoms with Gasteiger partial charge in [-0.15, -0.1) is 0 Å². The highest BCUT2D eigenvalue weighted by Gasteiger charge is 2.20. The van der Waals surface area contributed by atoms with Crippen LogP contribution in [-0.2, 0) is 6.54 Å². The van der Waals surface area contributed by atoms with Crippen LogP contribution < -0.4 is 5.32 Å². The van der Waals surface area contributed by atoms with Gasteiger partial charge in [-0.25, -0.2) is 0 Å². The van der Waals surface area contributed by atoms with Gasteiger partial charge >= 0.3 is 0 Å². The molecule has 1 N–H and O–H groups in total. The summed E-state index contributed by atoms with van der Waals surface area (Å²) >= 11 is 0. The van der Waals surface area contributed by atoms with E-state index in [4.69, 9.17) is 0 Å². The third-order valence-electron chi connectivity index (χ3n) is 4.39. The fourth-order valence-electron chi connectivity index (χ4n) is 2.74. The summed E-state index contributed by atoms with van der Waals surface area (Å²) in [5.41, 5.74) is 2.16. The van der Waals surface area contributed by atoms with E-state index in [9.17, 15) is 9.59 Å². The van der Waals surface area contributed by atoms with E-state index in [1.807, 2.05) is 17.0 Å². The number of hydrogen-bond acceptors (Lipinski definition) is 4. The quantitative estimate of drug-likeness (QED) is 0.915. The number of carbonyl (C=O) groups is 2. The van der Waals surface area contributed by atoms with E-state index in [1.54, 1.807) is 36.7 Å². The highest BCUT2D eigenvalue weighted by molar-refractivity contribution is 5.97. The number of hydrogen-bond donors (Lipinski definition) is 1. The van der Waals surface area contributed by atoms with Gasteiger partial charge < -0.3 is 15.1 Å². The molecule has 1 aromatic heterocycles. The largest absolute Gasteiger partial charge is 0.348 e. The van der Waals surface area contributed by atoms with Gasteiger partial charge in [-0.2, -0.15) is 0 Å². The molecule has 6 heteroatoms. The van der Waals surface area contributed by atoms with Crippen LogP contribution in [0, 0.1) is 0 Å². The number of nitrogens with zero attached hydrogens (tertiary/aromatic N) is 3. The molecule has 1 fully saturated rings. The molecular weight excluding hydrogens is 316 g/mol. The molecule has 0 radical (unpaired) electrons. The van der Waals surface area contributed by atoms with Crippen molar-refractivity contribution in [3.05, 3.63) is 65.5 Å². The van der Waals surface area contributed by atoms with Gasteiger partial charge in [-0.05, 0) is 49.0 Å². The van der Waals surface area contributed by atoms with Crippen molar-refractivity contribution < 1.29 is 9.59 Å². The summed E-state index contributed by atoms with van der Waals surface area (Å²) in [4.78, 5) is 32.7. The van der Waals surface area contributed by atoms with Crippen molar-refractivity contribution >= 4 is 11.8 Å². The topological polar surface area (TPSA) is 65.5 Å². The van der Waals surface area contributed by atoms with Gasteiger partial charge in [-0.3, -0.25) is 14.6 Å². The SMILES string of the molecule is CN1CCN(C(=O)c2ccc(C(=O)NCc3ccncc3)cc2)CC1. The highest BCUT2D eigenvalue weighted by Crippen LogP contribution is 2.10. The lowest BCUT2D eigenvalue weighted by atomic mass is 10.1. The summed E-state index contributed by atoms with van der Waals surface area (Å²) in [7, 11) is 2.06. The van der Waals surface area contributed by atoms with Crippen molar-refractivity contribution in [2.24, 2.45) is 0 Å². The van der Waals surface area contributed by atoms with E-state index < -0.39 is 0 Å². The molecule has 2 heterocycles. The van der Waals surface area contributed by atoms with Crippen LogP contribution >= 0.6 is 0 Å². The second-order valence-corrected chi connectivity index (χ2v) is 6.21. The average molecular weight is 338 g/mol. The number of carbonyl (C=O) groups excluding carboxylic acids is 2. The molecule has 0 unspecified atom stereocenters. The van der Waals surface area contributed by atoms with E-state index in [-0.39, 0.29) is 11.8 Å². The minimum Gasteiger partial charge on any atom is -0.348 e. The molecule has 0 atom stereocenters. The van der Waals surface area contributed by atoms with Gasteiger partial charge in [0, 0.05) is 56.2 Å². The fraction of sp³-hybridized carbons (Fsp3) is 0.316.